The van der Waals surface area contributed by atoms with Gasteiger partial charge in [-0.3, -0.25) is 9.59 Å². The predicted octanol–water partition coefficient (Wildman–Crippen LogP) is 13.5. The minimum atomic E-state index is -0.713. The van der Waals surface area contributed by atoms with E-state index in [9.17, 15) is 9.59 Å². The van der Waals surface area contributed by atoms with Crippen molar-refractivity contribution in [2.75, 3.05) is 26.4 Å². The first-order chi connectivity index (χ1) is 26.2. The summed E-state index contributed by atoms with van der Waals surface area (Å²) in [6, 6.07) is 0. The zero-order valence-corrected chi connectivity index (χ0v) is 36.9. The summed E-state index contributed by atoms with van der Waals surface area (Å²) in [5.41, 5.74) is -0.713. The zero-order valence-electron chi connectivity index (χ0n) is 36.9. The Labute approximate surface area is 335 Å². The number of carbonyl (C=O) groups is 2. The minimum absolute atomic E-state index is 0.0560. The molecule has 0 bridgehead atoms. The van der Waals surface area contributed by atoms with Crippen LogP contribution in [0, 0.1) is 23.7 Å². The third kappa shape index (κ3) is 24.6. The monoisotopic (exact) mass is 765 g/mol. The molecule has 0 aliphatic heterocycles. The van der Waals surface area contributed by atoms with Crippen molar-refractivity contribution in [1.29, 1.82) is 0 Å². The summed E-state index contributed by atoms with van der Waals surface area (Å²) in [7, 11) is 0. The Hall–Kier alpha value is -0.980. The Morgan fingerprint density at radius 3 is 1.59 bits per heavy atom. The van der Waals surface area contributed by atoms with Crippen LogP contribution < -0.4 is 0 Å². The zero-order chi connectivity index (χ0) is 39.7. The summed E-state index contributed by atoms with van der Waals surface area (Å²) in [5, 5.41) is 9.14. The van der Waals surface area contributed by atoms with E-state index < -0.39 is 5.60 Å². The number of unbranched alkanes of at least 4 members (excludes halogenated alkanes) is 15. The number of aliphatic hydroxyl groups is 1. The molecule has 320 valence electrons. The average Bonchev–Trinajstić information content (AvgIpc) is 3.16. The number of hydrogen-bond donors (Lipinski definition) is 1. The van der Waals surface area contributed by atoms with E-state index >= 15 is 0 Å². The largest absolute Gasteiger partial charge is 0.466 e. The SMILES string of the molecule is CCCCCCCCC1C(CCCCCC)CCC(CCCCCCCC(=O)OCCCOC(C)C)C1CCCCCCC(=O)C(C)(CC)OCCCO. The Morgan fingerprint density at radius 2 is 1.07 bits per heavy atom. The van der Waals surface area contributed by atoms with Gasteiger partial charge in [0.15, 0.2) is 5.78 Å². The van der Waals surface area contributed by atoms with Gasteiger partial charge in [0.05, 0.1) is 25.9 Å². The standard InChI is InChI=1S/C48H92O6/c1-7-10-12-14-17-23-31-44-42(29-21-13-11-8-2)35-36-43(30-22-16-15-18-26-34-47(51)53-39-28-38-52-41(4)5)45(44)32-24-19-20-25-33-46(50)48(6,9-3)54-40-27-37-49/h41-45,49H,7-40H2,1-6H3. The van der Waals surface area contributed by atoms with Crippen LogP contribution in [0.2, 0.25) is 0 Å². The molecule has 0 spiro atoms. The molecule has 5 unspecified atom stereocenters. The number of ketones is 1. The highest BCUT2D eigenvalue weighted by atomic mass is 16.5. The van der Waals surface area contributed by atoms with Crippen molar-refractivity contribution < 1.29 is 28.9 Å². The van der Waals surface area contributed by atoms with Crippen LogP contribution in [0.1, 0.15) is 234 Å². The number of rotatable bonds is 38. The summed E-state index contributed by atoms with van der Waals surface area (Å²) in [4.78, 5) is 25.2. The quantitative estimate of drug-likeness (QED) is 0.0498. The van der Waals surface area contributed by atoms with E-state index in [1.54, 1.807) is 0 Å². The maximum atomic E-state index is 13.1. The van der Waals surface area contributed by atoms with E-state index in [-0.39, 0.29) is 24.5 Å². The van der Waals surface area contributed by atoms with Gasteiger partial charge in [-0.05, 0) is 95.8 Å². The Balaban J connectivity index is 2.71. The van der Waals surface area contributed by atoms with Gasteiger partial charge in [-0.2, -0.15) is 0 Å². The summed E-state index contributed by atoms with van der Waals surface area (Å²) in [6.07, 6.45) is 36.2. The third-order valence-electron chi connectivity index (χ3n) is 12.6. The fourth-order valence-corrected chi connectivity index (χ4v) is 9.03. The molecular weight excluding hydrogens is 673 g/mol. The smallest absolute Gasteiger partial charge is 0.305 e. The maximum absolute atomic E-state index is 13.1. The normalized spacial score (nSPS) is 20.0. The maximum Gasteiger partial charge on any atom is 0.305 e. The number of aliphatic hydroxyl groups excluding tert-OH is 1. The van der Waals surface area contributed by atoms with E-state index in [0.717, 1.165) is 55.8 Å². The van der Waals surface area contributed by atoms with Gasteiger partial charge in [0.25, 0.3) is 0 Å². The van der Waals surface area contributed by atoms with Crippen LogP contribution in [-0.2, 0) is 23.8 Å². The summed E-state index contributed by atoms with van der Waals surface area (Å²) < 4.78 is 16.9. The van der Waals surface area contributed by atoms with Gasteiger partial charge in [0, 0.05) is 25.9 Å². The fraction of sp³-hybridized carbons (Fsp3) is 0.958. The van der Waals surface area contributed by atoms with Crippen LogP contribution in [0.4, 0.5) is 0 Å². The second kappa shape index (κ2) is 34.1. The lowest BCUT2D eigenvalue weighted by Crippen LogP contribution is -2.38. The Kier molecular flexibility index (Phi) is 32.2. The lowest BCUT2D eigenvalue weighted by atomic mass is 9.61. The van der Waals surface area contributed by atoms with Gasteiger partial charge in [0.1, 0.15) is 5.60 Å². The molecule has 0 aromatic heterocycles. The van der Waals surface area contributed by atoms with E-state index in [4.69, 9.17) is 19.3 Å². The van der Waals surface area contributed by atoms with Gasteiger partial charge < -0.3 is 19.3 Å². The van der Waals surface area contributed by atoms with Crippen molar-refractivity contribution in [2.24, 2.45) is 23.7 Å². The lowest BCUT2D eigenvalue weighted by molar-refractivity contribution is -0.144. The first-order valence-corrected chi connectivity index (χ1v) is 23.8. The molecule has 0 aromatic rings. The first-order valence-electron chi connectivity index (χ1n) is 23.8. The number of hydrogen-bond acceptors (Lipinski definition) is 6. The van der Waals surface area contributed by atoms with Crippen molar-refractivity contribution in [3.8, 4) is 0 Å². The number of esters is 1. The molecule has 0 amide bonds. The highest BCUT2D eigenvalue weighted by Crippen LogP contribution is 2.48. The van der Waals surface area contributed by atoms with Crippen molar-refractivity contribution in [1.82, 2.24) is 0 Å². The molecule has 54 heavy (non-hydrogen) atoms. The van der Waals surface area contributed by atoms with Crippen molar-refractivity contribution in [2.45, 2.75) is 246 Å². The molecule has 0 aromatic carbocycles. The Bertz CT molecular complexity index is 875. The van der Waals surface area contributed by atoms with Crippen LogP contribution in [0.25, 0.3) is 0 Å². The third-order valence-corrected chi connectivity index (χ3v) is 12.6. The molecule has 1 rings (SSSR count). The minimum Gasteiger partial charge on any atom is -0.466 e. The van der Waals surface area contributed by atoms with E-state index in [1.165, 1.54) is 135 Å². The topological polar surface area (TPSA) is 82.1 Å². The molecule has 1 saturated carbocycles. The first kappa shape index (κ1) is 51.0. The van der Waals surface area contributed by atoms with Crippen LogP contribution in [0.3, 0.4) is 0 Å². The number of ether oxygens (including phenoxy) is 3. The molecular formula is C48H92O6. The fourth-order valence-electron chi connectivity index (χ4n) is 9.03. The molecule has 1 aliphatic carbocycles. The molecule has 0 saturated heterocycles. The second-order valence-corrected chi connectivity index (χ2v) is 17.5. The summed E-state index contributed by atoms with van der Waals surface area (Å²) in [5.74, 6) is 3.69. The molecule has 6 heteroatoms. The summed E-state index contributed by atoms with van der Waals surface area (Å²) >= 11 is 0. The van der Waals surface area contributed by atoms with E-state index in [2.05, 4.69) is 13.8 Å². The van der Waals surface area contributed by atoms with Crippen LogP contribution in [0.5, 0.6) is 0 Å². The van der Waals surface area contributed by atoms with Gasteiger partial charge in [-0.1, -0.05) is 143 Å². The van der Waals surface area contributed by atoms with Crippen molar-refractivity contribution >= 4 is 11.8 Å². The number of Topliss-reactive ketones (excluding diaryl/α,β-unsaturated/α-hetero) is 1. The average molecular weight is 765 g/mol. The highest BCUT2D eigenvalue weighted by molar-refractivity contribution is 5.86. The van der Waals surface area contributed by atoms with E-state index in [0.29, 0.717) is 45.5 Å². The van der Waals surface area contributed by atoms with Gasteiger partial charge in [-0.15, -0.1) is 0 Å². The molecule has 1 aliphatic rings. The predicted molar refractivity (Wildman–Crippen MR) is 228 cm³/mol. The number of carbonyl (C=O) groups excluding carboxylic acids is 2. The molecule has 1 fully saturated rings. The van der Waals surface area contributed by atoms with Gasteiger partial charge >= 0.3 is 5.97 Å². The van der Waals surface area contributed by atoms with Crippen molar-refractivity contribution in [3.63, 3.8) is 0 Å². The molecule has 1 N–H and O–H groups in total. The second-order valence-electron chi connectivity index (χ2n) is 17.5. The highest BCUT2D eigenvalue weighted by Gasteiger charge is 2.38. The van der Waals surface area contributed by atoms with Gasteiger partial charge in [0.2, 0.25) is 0 Å². The van der Waals surface area contributed by atoms with Crippen molar-refractivity contribution in [3.05, 3.63) is 0 Å². The van der Waals surface area contributed by atoms with Gasteiger partial charge in [-0.25, -0.2) is 0 Å². The molecule has 0 radical (unpaired) electrons. The van der Waals surface area contributed by atoms with E-state index in [1.807, 2.05) is 27.7 Å². The lowest BCUT2D eigenvalue weighted by Gasteiger charge is -2.44. The van der Waals surface area contributed by atoms with Crippen LogP contribution >= 0.6 is 0 Å². The Morgan fingerprint density at radius 1 is 0.593 bits per heavy atom. The summed E-state index contributed by atoms with van der Waals surface area (Å²) in [6.45, 7) is 14.3. The molecule has 5 atom stereocenters. The van der Waals surface area contributed by atoms with Crippen LogP contribution in [-0.4, -0.2) is 55.0 Å². The molecule has 6 nitrogen and oxygen atoms in total. The molecule has 0 heterocycles. The van der Waals surface area contributed by atoms with Crippen LogP contribution in [0.15, 0.2) is 0 Å².